The molecule has 0 aliphatic heterocycles. The number of sulfonamides is 1. The highest BCUT2D eigenvalue weighted by atomic mass is 35.5. The summed E-state index contributed by atoms with van der Waals surface area (Å²) in [6.07, 6.45) is 0. The molecule has 0 spiro atoms. The largest absolute Gasteiger partial charge is 0.497 e. The molecule has 0 bridgehead atoms. The third kappa shape index (κ3) is 5.22. The Balaban J connectivity index is 1.75. The molecule has 3 aromatic rings. The summed E-state index contributed by atoms with van der Waals surface area (Å²) in [6.45, 7) is 0. The molecule has 0 atom stereocenters. The molecule has 0 fully saturated rings. The standard InChI is InChI=1S/C21H19ClN2O5S/c1-28-18-10-14(11-19(13-18)29-2)21(25)23-16-6-8-20(9-7-16)30(26,27)24-17-5-3-4-15(22)12-17/h3-13,24H,1-2H3,(H,23,25). The van der Waals surface area contributed by atoms with Crippen LogP contribution in [0.3, 0.4) is 0 Å². The van der Waals surface area contributed by atoms with Crippen LogP contribution in [0.1, 0.15) is 10.4 Å². The summed E-state index contributed by atoms with van der Waals surface area (Å²) in [5.41, 5.74) is 1.13. The summed E-state index contributed by atoms with van der Waals surface area (Å²) < 4.78 is 37.9. The van der Waals surface area contributed by atoms with E-state index in [1.165, 1.54) is 44.6 Å². The highest BCUT2D eigenvalue weighted by Gasteiger charge is 2.15. The lowest BCUT2D eigenvalue weighted by Crippen LogP contribution is -2.14. The average Bonchev–Trinajstić information content (AvgIpc) is 2.73. The Hall–Kier alpha value is -3.23. The smallest absolute Gasteiger partial charge is 0.261 e. The lowest BCUT2D eigenvalue weighted by molar-refractivity contribution is 0.102. The average molecular weight is 447 g/mol. The maximum atomic E-state index is 12.5. The zero-order chi connectivity index (χ0) is 21.7. The molecule has 2 N–H and O–H groups in total. The number of benzene rings is 3. The lowest BCUT2D eigenvalue weighted by atomic mass is 10.2. The van der Waals surface area contributed by atoms with E-state index in [9.17, 15) is 13.2 Å². The van der Waals surface area contributed by atoms with Gasteiger partial charge in [0.1, 0.15) is 11.5 Å². The van der Waals surface area contributed by atoms with Crippen molar-refractivity contribution < 1.29 is 22.7 Å². The van der Waals surface area contributed by atoms with Crippen LogP contribution in [0, 0.1) is 0 Å². The third-order valence-electron chi connectivity index (χ3n) is 4.11. The van der Waals surface area contributed by atoms with Gasteiger partial charge in [0.15, 0.2) is 0 Å². The number of methoxy groups -OCH3 is 2. The highest BCUT2D eigenvalue weighted by Crippen LogP contribution is 2.24. The maximum Gasteiger partial charge on any atom is 0.261 e. The zero-order valence-electron chi connectivity index (χ0n) is 16.2. The van der Waals surface area contributed by atoms with Crippen molar-refractivity contribution in [1.29, 1.82) is 0 Å². The molecule has 0 heterocycles. The fraction of sp³-hybridized carbons (Fsp3) is 0.0952. The van der Waals surface area contributed by atoms with Gasteiger partial charge < -0.3 is 14.8 Å². The number of hydrogen-bond acceptors (Lipinski definition) is 5. The molecule has 0 radical (unpaired) electrons. The van der Waals surface area contributed by atoms with E-state index >= 15 is 0 Å². The molecule has 0 saturated carbocycles. The number of nitrogens with one attached hydrogen (secondary N) is 2. The summed E-state index contributed by atoms with van der Waals surface area (Å²) >= 11 is 5.89. The highest BCUT2D eigenvalue weighted by molar-refractivity contribution is 7.92. The SMILES string of the molecule is COc1cc(OC)cc(C(=O)Nc2ccc(S(=O)(=O)Nc3cccc(Cl)c3)cc2)c1. The Kier molecular flexibility index (Phi) is 6.49. The first kappa shape index (κ1) is 21.5. The van der Waals surface area contributed by atoms with E-state index in [1.54, 1.807) is 36.4 Å². The van der Waals surface area contributed by atoms with Gasteiger partial charge in [-0.05, 0) is 54.6 Å². The number of rotatable bonds is 7. The topological polar surface area (TPSA) is 93.7 Å². The summed E-state index contributed by atoms with van der Waals surface area (Å²) in [5, 5.41) is 3.13. The van der Waals surface area contributed by atoms with E-state index in [0.29, 0.717) is 33.5 Å². The van der Waals surface area contributed by atoms with Crippen molar-refractivity contribution in [1.82, 2.24) is 0 Å². The minimum atomic E-state index is -3.80. The summed E-state index contributed by atoms with van der Waals surface area (Å²) in [5.74, 6) is 0.570. The fourth-order valence-electron chi connectivity index (χ4n) is 2.63. The second-order valence-corrected chi connectivity index (χ2v) is 8.31. The zero-order valence-corrected chi connectivity index (χ0v) is 17.8. The molecular weight excluding hydrogens is 428 g/mol. The van der Waals surface area contributed by atoms with Crippen molar-refractivity contribution in [3.8, 4) is 11.5 Å². The van der Waals surface area contributed by atoms with Gasteiger partial charge in [-0.1, -0.05) is 17.7 Å². The van der Waals surface area contributed by atoms with Crippen LogP contribution < -0.4 is 19.5 Å². The van der Waals surface area contributed by atoms with Gasteiger partial charge in [0.25, 0.3) is 15.9 Å². The molecule has 9 heteroatoms. The van der Waals surface area contributed by atoms with Crippen LogP contribution >= 0.6 is 11.6 Å². The first-order valence-electron chi connectivity index (χ1n) is 8.73. The van der Waals surface area contributed by atoms with Gasteiger partial charge in [-0.3, -0.25) is 9.52 Å². The summed E-state index contributed by atoms with van der Waals surface area (Å²) in [7, 11) is -0.814. The molecule has 7 nitrogen and oxygen atoms in total. The Morgan fingerprint density at radius 3 is 2.07 bits per heavy atom. The fourth-order valence-corrected chi connectivity index (χ4v) is 3.87. The molecule has 0 saturated heterocycles. The van der Waals surface area contributed by atoms with Crippen LogP contribution in [0.25, 0.3) is 0 Å². The van der Waals surface area contributed by atoms with E-state index in [0.717, 1.165) is 0 Å². The first-order valence-corrected chi connectivity index (χ1v) is 10.6. The maximum absolute atomic E-state index is 12.5. The van der Waals surface area contributed by atoms with Crippen molar-refractivity contribution in [2.24, 2.45) is 0 Å². The number of carbonyl (C=O) groups excluding carboxylic acids is 1. The number of hydrogen-bond donors (Lipinski definition) is 2. The molecule has 0 aromatic heterocycles. The van der Waals surface area contributed by atoms with Gasteiger partial charge >= 0.3 is 0 Å². The Morgan fingerprint density at radius 1 is 0.867 bits per heavy atom. The second-order valence-electron chi connectivity index (χ2n) is 6.20. The van der Waals surface area contributed by atoms with Crippen molar-refractivity contribution >= 4 is 38.9 Å². The molecule has 156 valence electrons. The number of amides is 1. The number of halogens is 1. The predicted octanol–water partition coefficient (Wildman–Crippen LogP) is 4.41. The molecule has 3 rings (SSSR count). The van der Waals surface area contributed by atoms with Crippen molar-refractivity contribution in [3.05, 3.63) is 77.3 Å². The first-order chi connectivity index (χ1) is 14.3. The number of anilines is 2. The molecular formula is C21H19ClN2O5S. The van der Waals surface area contributed by atoms with E-state index in [2.05, 4.69) is 10.0 Å². The van der Waals surface area contributed by atoms with Gasteiger partial charge in [0, 0.05) is 22.3 Å². The Morgan fingerprint density at radius 2 is 1.50 bits per heavy atom. The molecule has 30 heavy (non-hydrogen) atoms. The van der Waals surface area contributed by atoms with Crippen LogP contribution in [0.5, 0.6) is 11.5 Å². The van der Waals surface area contributed by atoms with Gasteiger partial charge in [-0.2, -0.15) is 0 Å². The summed E-state index contributed by atoms with van der Waals surface area (Å²) in [4.78, 5) is 12.6. The van der Waals surface area contributed by atoms with Gasteiger partial charge in [0.05, 0.1) is 24.8 Å². The van der Waals surface area contributed by atoms with E-state index in [4.69, 9.17) is 21.1 Å². The monoisotopic (exact) mass is 446 g/mol. The van der Waals surface area contributed by atoms with Crippen LogP contribution in [-0.4, -0.2) is 28.5 Å². The minimum Gasteiger partial charge on any atom is -0.497 e. The Bertz CT molecular complexity index is 1140. The van der Waals surface area contributed by atoms with Crippen LogP contribution in [-0.2, 0) is 10.0 Å². The third-order valence-corrected chi connectivity index (χ3v) is 5.75. The van der Waals surface area contributed by atoms with E-state index in [-0.39, 0.29) is 10.8 Å². The number of carbonyl (C=O) groups is 1. The van der Waals surface area contributed by atoms with Gasteiger partial charge in [-0.25, -0.2) is 8.42 Å². The predicted molar refractivity (Wildman–Crippen MR) is 116 cm³/mol. The molecule has 1 amide bonds. The molecule has 0 aliphatic carbocycles. The molecule has 0 aliphatic rings. The van der Waals surface area contributed by atoms with Crippen molar-refractivity contribution in [3.63, 3.8) is 0 Å². The molecule has 3 aromatic carbocycles. The van der Waals surface area contributed by atoms with Crippen molar-refractivity contribution in [2.45, 2.75) is 4.90 Å². The second kappa shape index (κ2) is 9.06. The van der Waals surface area contributed by atoms with Crippen LogP contribution in [0.4, 0.5) is 11.4 Å². The minimum absolute atomic E-state index is 0.0449. The van der Waals surface area contributed by atoms with Gasteiger partial charge in [0.2, 0.25) is 0 Å². The van der Waals surface area contributed by atoms with Crippen LogP contribution in [0.15, 0.2) is 71.6 Å². The molecule has 0 unspecified atom stereocenters. The Labute approximate surface area is 179 Å². The lowest BCUT2D eigenvalue weighted by Gasteiger charge is -2.11. The normalized spacial score (nSPS) is 10.9. The van der Waals surface area contributed by atoms with Gasteiger partial charge in [-0.15, -0.1) is 0 Å². The van der Waals surface area contributed by atoms with Crippen molar-refractivity contribution in [2.75, 3.05) is 24.3 Å². The number of ether oxygens (including phenoxy) is 2. The quantitative estimate of drug-likeness (QED) is 0.560. The van der Waals surface area contributed by atoms with E-state index < -0.39 is 10.0 Å². The van der Waals surface area contributed by atoms with E-state index in [1.807, 2.05) is 0 Å². The van der Waals surface area contributed by atoms with Crippen LogP contribution in [0.2, 0.25) is 5.02 Å². The summed E-state index contributed by atoms with van der Waals surface area (Å²) in [6, 6.07) is 17.0.